The molecule has 60 valence electrons. The summed E-state index contributed by atoms with van der Waals surface area (Å²) in [5.74, 6) is 0. The second-order valence-electron chi connectivity index (χ2n) is 1.62. The van der Waals surface area contributed by atoms with E-state index in [1.807, 2.05) is 0 Å². The molecule has 0 aliphatic heterocycles. The fraction of sp³-hybridized carbons (Fsp3) is 0.400. The number of imidazole rings is 1. The first-order valence-electron chi connectivity index (χ1n) is 2.61. The standard InChI is InChI=1S/C5H9N3.2ClH/c6-2-1-5-3-7-4-8-5;;/h3-4H,1-2,6H2,(H,7,8);2*1H/p-2. The van der Waals surface area contributed by atoms with E-state index >= 15 is 0 Å². The van der Waals surface area contributed by atoms with Crippen molar-refractivity contribution >= 4 is 0 Å². The Kier molecular flexibility index (Phi) is 8.53. The summed E-state index contributed by atoms with van der Waals surface area (Å²) in [5.41, 5.74) is 6.38. The largest absolute Gasteiger partial charge is 1.00 e. The zero-order chi connectivity index (χ0) is 5.82. The molecule has 1 aromatic heterocycles. The third-order valence-electron chi connectivity index (χ3n) is 0.969. The van der Waals surface area contributed by atoms with Gasteiger partial charge >= 0.3 is 0 Å². The van der Waals surface area contributed by atoms with E-state index in [4.69, 9.17) is 5.73 Å². The van der Waals surface area contributed by atoms with Gasteiger partial charge in [0.1, 0.15) is 0 Å². The molecule has 0 saturated carbocycles. The Bertz CT molecular complexity index is 141. The normalized spacial score (nSPS) is 7.70. The second-order valence-corrected chi connectivity index (χ2v) is 1.62. The molecule has 0 radical (unpaired) electrons. The predicted octanol–water partition coefficient (Wildman–Crippen LogP) is -6.08. The van der Waals surface area contributed by atoms with E-state index in [0.29, 0.717) is 6.54 Å². The smallest absolute Gasteiger partial charge is 0.0921 e. The van der Waals surface area contributed by atoms with Gasteiger partial charge in [0.05, 0.1) is 6.33 Å². The molecule has 10 heavy (non-hydrogen) atoms. The van der Waals surface area contributed by atoms with E-state index in [1.54, 1.807) is 12.5 Å². The molecule has 0 aliphatic carbocycles. The van der Waals surface area contributed by atoms with Gasteiger partial charge in [0.15, 0.2) is 0 Å². The topological polar surface area (TPSA) is 54.7 Å². The molecular weight excluding hydrogens is 173 g/mol. The second kappa shape index (κ2) is 6.86. The molecule has 5 heteroatoms. The highest BCUT2D eigenvalue weighted by molar-refractivity contribution is 4.93. The Morgan fingerprint density at radius 1 is 1.50 bits per heavy atom. The van der Waals surface area contributed by atoms with Crippen molar-refractivity contribution in [3.05, 3.63) is 18.2 Å². The van der Waals surface area contributed by atoms with Crippen LogP contribution < -0.4 is 30.5 Å². The number of aromatic nitrogens is 2. The number of aromatic amines is 1. The van der Waals surface area contributed by atoms with Crippen LogP contribution in [0.4, 0.5) is 0 Å². The SMILES string of the molecule is NCCc1cnc[nH]1.[Cl-].[Cl-]. The number of nitrogens with two attached hydrogens (primary N) is 1. The summed E-state index contributed by atoms with van der Waals surface area (Å²) in [6.45, 7) is 0.683. The molecule has 0 spiro atoms. The molecule has 0 fully saturated rings. The number of nitrogens with one attached hydrogen (secondary N) is 1. The summed E-state index contributed by atoms with van der Waals surface area (Å²) in [6, 6.07) is 0. The monoisotopic (exact) mass is 181 g/mol. The van der Waals surface area contributed by atoms with Crippen molar-refractivity contribution in [2.24, 2.45) is 5.73 Å². The molecule has 1 aromatic rings. The summed E-state index contributed by atoms with van der Waals surface area (Å²) < 4.78 is 0. The van der Waals surface area contributed by atoms with Crippen LogP contribution in [0.25, 0.3) is 0 Å². The average Bonchev–Trinajstić information content (AvgIpc) is 2.19. The zero-order valence-electron chi connectivity index (χ0n) is 5.35. The first-order chi connectivity index (χ1) is 3.93. The highest BCUT2D eigenvalue weighted by Gasteiger charge is 1.86. The third kappa shape index (κ3) is 3.71. The minimum absolute atomic E-state index is 0. The maximum atomic E-state index is 5.27. The van der Waals surface area contributed by atoms with Gasteiger partial charge in [0.25, 0.3) is 0 Å². The lowest BCUT2D eigenvalue weighted by molar-refractivity contribution is -0.00100. The van der Waals surface area contributed by atoms with Crippen LogP contribution in [0, 0.1) is 0 Å². The van der Waals surface area contributed by atoms with E-state index in [-0.39, 0.29) is 24.8 Å². The molecule has 0 unspecified atom stereocenters. The summed E-state index contributed by atoms with van der Waals surface area (Å²) >= 11 is 0. The Labute approximate surface area is 72.2 Å². The van der Waals surface area contributed by atoms with Crippen molar-refractivity contribution in [2.45, 2.75) is 6.42 Å². The number of nitrogens with zero attached hydrogens (tertiary/aromatic N) is 1. The van der Waals surface area contributed by atoms with Gasteiger partial charge in [-0.05, 0) is 6.54 Å². The first kappa shape index (κ1) is 12.4. The minimum atomic E-state index is 0. The minimum Gasteiger partial charge on any atom is -1.00 e. The first-order valence-corrected chi connectivity index (χ1v) is 2.61. The average molecular weight is 182 g/mol. The zero-order valence-corrected chi connectivity index (χ0v) is 6.86. The van der Waals surface area contributed by atoms with Crippen LogP contribution in [-0.4, -0.2) is 16.5 Å². The van der Waals surface area contributed by atoms with Gasteiger partial charge in [-0.2, -0.15) is 0 Å². The van der Waals surface area contributed by atoms with Crippen LogP contribution in [0.2, 0.25) is 0 Å². The maximum absolute atomic E-state index is 5.27. The molecule has 0 saturated heterocycles. The number of H-pyrrole nitrogens is 1. The number of hydrogen-bond donors (Lipinski definition) is 2. The Morgan fingerprint density at radius 2 is 2.20 bits per heavy atom. The maximum Gasteiger partial charge on any atom is 0.0921 e. The van der Waals surface area contributed by atoms with Crippen molar-refractivity contribution < 1.29 is 24.8 Å². The van der Waals surface area contributed by atoms with Crippen LogP contribution in [0.3, 0.4) is 0 Å². The molecule has 0 amide bonds. The van der Waals surface area contributed by atoms with Gasteiger partial charge in [-0.1, -0.05) is 0 Å². The predicted molar refractivity (Wildman–Crippen MR) is 31.3 cm³/mol. The van der Waals surface area contributed by atoms with Crippen LogP contribution in [0.1, 0.15) is 5.69 Å². The highest BCUT2D eigenvalue weighted by Crippen LogP contribution is 1.88. The van der Waals surface area contributed by atoms with Crippen LogP contribution in [0.15, 0.2) is 12.5 Å². The highest BCUT2D eigenvalue weighted by atomic mass is 35.5. The summed E-state index contributed by atoms with van der Waals surface area (Å²) in [4.78, 5) is 6.78. The van der Waals surface area contributed by atoms with E-state index in [9.17, 15) is 0 Å². The lowest BCUT2D eigenvalue weighted by Gasteiger charge is -1.86. The lowest BCUT2D eigenvalue weighted by Crippen LogP contribution is -3.00. The lowest BCUT2D eigenvalue weighted by atomic mass is 10.3. The van der Waals surface area contributed by atoms with E-state index in [0.717, 1.165) is 12.1 Å². The Balaban J connectivity index is 0. The van der Waals surface area contributed by atoms with Gasteiger partial charge < -0.3 is 35.5 Å². The number of rotatable bonds is 2. The van der Waals surface area contributed by atoms with Crippen molar-refractivity contribution in [3.8, 4) is 0 Å². The molecule has 1 rings (SSSR count). The van der Waals surface area contributed by atoms with Crippen molar-refractivity contribution in [2.75, 3.05) is 6.54 Å². The molecule has 0 aromatic carbocycles. The van der Waals surface area contributed by atoms with E-state index in [1.165, 1.54) is 0 Å². The molecule has 3 N–H and O–H groups in total. The van der Waals surface area contributed by atoms with Gasteiger partial charge in [-0.15, -0.1) is 0 Å². The van der Waals surface area contributed by atoms with Gasteiger partial charge in [-0.3, -0.25) is 0 Å². The van der Waals surface area contributed by atoms with Crippen molar-refractivity contribution in [1.82, 2.24) is 9.97 Å². The Hall–Kier alpha value is -0.250. The molecule has 3 nitrogen and oxygen atoms in total. The van der Waals surface area contributed by atoms with Crippen LogP contribution in [-0.2, 0) is 6.42 Å². The van der Waals surface area contributed by atoms with Crippen molar-refractivity contribution in [3.63, 3.8) is 0 Å². The Morgan fingerprint density at radius 3 is 2.60 bits per heavy atom. The molecule has 0 atom stereocenters. The molecule has 0 aliphatic rings. The van der Waals surface area contributed by atoms with Gasteiger partial charge in [-0.25, -0.2) is 4.98 Å². The van der Waals surface area contributed by atoms with Gasteiger partial charge in [0, 0.05) is 18.3 Å². The fourth-order valence-corrected chi connectivity index (χ4v) is 0.577. The fourth-order valence-electron chi connectivity index (χ4n) is 0.577. The van der Waals surface area contributed by atoms with E-state index in [2.05, 4.69) is 9.97 Å². The number of hydrogen-bond acceptors (Lipinski definition) is 2. The van der Waals surface area contributed by atoms with Gasteiger partial charge in [0.2, 0.25) is 0 Å². The van der Waals surface area contributed by atoms with Crippen LogP contribution >= 0.6 is 0 Å². The molecule has 1 heterocycles. The summed E-state index contributed by atoms with van der Waals surface area (Å²) in [7, 11) is 0. The van der Waals surface area contributed by atoms with E-state index < -0.39 is 0 Å². The number of halogens is 2. The summed E-state index contributed by atoms with van der Waals surface area (Å²) in [5, 5.41) is 0. The summed E-state index contributed by atoms with van der Waals surface area (Å²) in [6.07, 6.45) is 4.33. The molecular formula is C5H9Cl2N3-2. The quantitative estimate of drug-likeness (QED) is 0.478. The molecule has 0 bridgehead atoms. The van der Waals surface area contributed by atoms with Crippen molar-refractivity contribution in [1.29, 1.82) is 0 Å². The van der Waals surface area contributed by atoms with Crippen LogP contribution in [0.5, 0.6) is 0 Å². The third-order valence-corrected chi connectivity index (χ3v) is 0.969.